The molecule has 0 heterocycles. The highest BCUT2D eigenvalue weighted by Crippen LogP contribution is 2.34. The van der Waals surface area contributed by atoms with Crippen LogP contribution in [-0.4, -0.2) is 11.6 Å². The number of benzene rings is 1. The Labute approximate surface area is 99.7 Å². The maximum atomic E-state index is 11.8. The van der Waals surface area contributed by atoms with Gasteiger partial charge in [0.15, 0.2) is 0 Å². The molecule has 1 saturated carbocycles. The topological polar surface area (TPSA) is 69.4 Å². The Morgan fingerprint density at radius 2 is 1.59 bits per heavy atom. The molecule has 0 aromatic heterocycles. The largest absolute Gasteiger partial charge is 0.412 e. The van der Waals surface area contributed by atoms with Gasteiger partial charge in [-0.15, -0.1) is 0 Å². The van der Waals surface area contributed by atoms with Crippen molar-refractivity contribution in [2.24, 2.45) is 5.90 Å². The van der Waals surface area contributed by atoms with Crippen LogP contribution in [0.2, 0.25) is 0 Å². The van der Waals surface area contributed by atoms with Gasteiger partial charge in [0.05, 0.1) is 0 Å². The molecule has 1 aromatic carbocycles. The minimum Gasteiger partial charge on any atom is -0.412 e. The Hall–Kier alpha value is -1.68. The Bertz CT molecular complexity index is 454. The summed E-state index contributed by atoms with van der Waals surface area (Å²) in [5, 5.41) is 0. The molecule has 2 rings (SSSR count). The quantitative estimate of drug-likeness (QED) is 0.622. The van der Waals surface area contributed by atoms with E-state index in [1.807, 2.05) is 13.8 Å². The van der Waals surface area contributed by atoms with Crippen LogP contribution < -0.4 is 10.7 Å². The number of aryl methyl sites for hydroxylation is 2. The Balaban J connectivity index is 2.52. The summed E-state index contributed by atoms with van der Waals surface area (Å²) in [5.41, 5.74) is 2.57. The maximum absolute atomic E-state index is 11.8. The van der Waals surface area contributed by atoms with Crippen molar-refractivity contribution in [2.75, 3.05) is 0 Å². The van der Waals surface area contributed by atoms with Crippen LogP contribution in [0.4, 0.5) is 0 Å². The number of carbonyl (C=O) groups excluding carboxylic acids is 2. The predicted octanol–water partition coefficient (Wildman–Crippen LogP) is 1.57. The highest BCUT2D eigenvalue weighted by Gasteiger charge is 2.36. The van der Waals surface area contributed by atoms with E-state index in [1.54, 1.807) is 12.1 Å². The van der Waals surface area contributed by atoms with E-state index in [0.29, 0.717) is 18.6 Å². The van der Waals surface area contributed by atoms with Crippen LogP contribution in [-0.2, 0) is 9.59 Å². The fraction of sp³-hybridized carbons (Fsp3) is 0.385. The summed E-state index contributed by atoms with van der Waals surface area (Å²) < 4.78 is 0. The van der Waals surface area contributed by atoms with Gasteiger partial charge in [-0.3, -0.25) is 9.59 Å². The minimum absolute atomic E-state index is 0.0163. The Morgan fingerprint density at radius 3 is 2.00 bits per heavy atom. The molecule has 1 fully saturated rings. The molecule has 0 spiro atoms. The summed E-state index contributed by atoms with van der Waals surface area (Å²) in [6.07, 6.45) is 0.717. The van der Waals surface area contributed by atoms with E-state index < -0.39 is 5.92 Å². The molecule has 1 aliphatic carbocycles. The number of Topliss-reactive ketones (excluding diaryl/α,β-unsaturated/α-hetero) is 2. The summed E-state index contributed by atoms with van der Waals surface area (Å²) in [6.45, 7) is 3.73. The van der Waals surface area contributed by atoms with E-state index in [2.05, 4.69) is 4.84 Å². The molecule has 17 heavy (non-hydrogen) atoms. The molecule has 90 valence electrons. The molecule has 0 atom stereocenters. The Kier molecular flexibility index (Phi) is 2.98. The van der Waals surface area contributed by atoms with E-state index in [4.69, 9.17) is 5.90 Å². The lowest BCUT2D eigenvalue weighted by Gasteiger charge is -2.15. The predicted molar refractivity (Wildman–Crippen MR) is 62.7 cm³/mol. The van der Waals surface area contributed by atoms with Crippen LogP contribution in [0.5, 0.6) is 5.75 Å². The van der Waals surface area contributed by atoms with Gasteiger partial charge in [0.1, 0.15) is 23.2 Å². The van der Waals surface area contributed by atoms with Crippen molar-refractivity contribution in [1.82, 2.24) is 0 Å². The average molecular weight is 233 g/mol. The summed E-state index contributed by atoms with van der Waals surface area (Å²) in [6, 6.07) is 3.50. The standard InChI is InChI=1S/C13H15NO3/c1-7-5-9(17-14)6-8(2)12(7)13-10(15)3-4-11(13)16/h5-6,13H,3-4,14H2,1-2H3. The molecule has 1 aliphatic rings. The zero-order valence-corrected chi connectivity index (χ0v) is 9.95. The van der Waals surface area contributed by atoms with Crippen molar-refractivity contribution in [3.8, 4) is 5.75 Å². The summed E-state index contributed by atoms with van der Waals surface area (Å²) in [4.78, 5) is 28.2. The van der Waals surface area contributed by atoms with Gasteiger partial charge in [-0.05, 0) is 42.7 Å². The number of rotatable bonds is 2. The fourth-order valence-corrected chi connectivity index (χ4v) is 2.49. The number of ketones is 2. The van der Waals surface area contributed by atoms with Crippen LogP contribution in [0.25, 0.3) is 0 Å². The molecule has 0 amide bonds. The number of hydrogen-bond acceptors (Lipinski definition) is 4. The second kappa shape index (κ2) is 4.30. The van der Waals surface area contributed by atoms with Gasteiger partial charge in [-0.2, -0.15) is 5.90 Å². The number of nitrogens with two attached hydrogens (primary N) is 1. The third-order valence-corrected chi connectivity index (χ3v) is 3.25. The van der Waals surface area contributed by atoms with E-state index >= 15 is 0 Å². The molecule has 0 unspecified atom stereocenters. The highest BCUT2D eigenvalue weighted by atomic mass is 16.6. The second-order valence-electron chi connectivity index (χ2n) is 4.45. The average Bonchev–Trinajstić information content (AvgIpc) is 2.59. The lowest BCUT2D eigenvalue weighted by atomic mass is 9.88. The van der Waals surface area contributed by atoms with Gasteiger partial charge < -0.3 is 4.84 Å². The second-order valence-corrected chi connectivity index (χ2v) is 4.45. The van der Waals surface area contributed by atoms with Gasteiger partial charge in [-0.1, -0.05) is 0 Å². The number of hydrogen-bond donors (Lipinski definition) is 1. The van der Waals surface area contributed by atoms with Crippen molar-refractivity contribution in [2.45, 2.75) is 32.6 Å². The van der Waals surface area contributed by atoms with Gasteiger partial charge in [-0.25, -0.2) is 0 Å². The first-order chi connectivity index (χ1) is 8.04. The third-order valence-electron chi connectivity index (χ3n) is 3.25. The first-order valence-corrected chi connectivity index (χ1v) is 5.58. The van der Waals surface area contributed by atoms with Crippen LogP contribution in [0.3, 0.4) is 0 Å². The van der Waals surface area contributed by atoms with E-state index in [0.717, 1.165) is 16.7 Å². The normalized spacial score (nSPS) is 16.6. The first kappa shape index (κ1) is 11.8. The molecular weight excluding hydrogens is 218 g/mol. The zero-order chi connectivity index (χ0) is 12.6. The SMILES string of the molecule is Cc1cc(ON)cc(C)c1C1C(=O)CCC1=O. The lowest BCUT2D eigenvalue weighted by Crippen LogP contribution is -2.15. The lowest BCUT2D eigenvalue weighted by molar-refractivity contribution is -0.123. The monoisotopic (exact) mass is 233 g/mol. The van der Waals surface area contributed by atoms with Crippen LogP contribution in [0.15, 0.2) is 12.1 Å². The van der Waals surface area contributed by atoms with E-state index in [1.165, 1.54) is 0 Å². The van der Waals surface area contributed by atoms with E-state index in [9.17, 15) is 9.59 Å². The molecule has 1 aromatic rings. The highest BCUT2D eigenvalue weighted by molar-refractivity contribution is 6.13. The summed E-state index contributed by atoms with van der Waals surface area (Å²) in [7, 11) is 0. The zero-order valence-electron chi connectivity index (χ0n) is 9.95. The summed E-state index contributed by atoms with van der Waals surface area (Å²) in [5.74, 6) is 5.11. The Morgan fingerprint density at radius 1 is 1.12 bits per heavy atom. The molecule has 0 bridgehead atoms. The van der Waals surface area contributed by atoms with Crippen molar-refractivity contribution < 1.29 is 14.4 Å². The van der Waals surface area contributed by atoms with Crippen LogP contribution >= 0.6 is 0 Å². The van der Waals surface area contributed by atoms with Crippen LogP contribution in [0.1, 0.15) is 35.4 Å². The number of carbonyl (C=O) groups is 2. The van der Waals surface area contributed by atoms with Gasteiger partial charge in [0, 0.05) is 12.8 Å². The van der Waals surface area contributed by atoms with Crippen molar-refractivity contribution in [1.29, 1.82) is 0 Å². The molecule has 0 radical (unpaired) electrons. The fourth-order valence-electron chi connectivity index (χ4n) is 2.49. The van der Waals surface area contributed by atoms with Crippen molar-refractivity contribution >= 4 is 11.6 Å². The molecule has 4 nitrogen and oxygen atoms in total. The van der Waals surface area contributed by atoms with Gasteiger partial charge in [0.25, 0.3) is 0 Å². The molecule has 0 aliphatic heterocycles. The molecule has 4 heteroatoms. The van der Waals surface area contributed by atoms with Crippen molar-refractivity contribution in [3.05, 3.63) is 28.8 Å². The molecule has 0 saturated heterocycles. The van der Waals surface area contributed by atoms with Gasteiger partial charge >= 0.3 is 0 Å². The third kappa shape index (κ3) is 1.96. The van der Waals surface area contributed by atoms with Crippen molar-refractivity contribution in [3.63, 3.8) is 0 Å². The van der Waals surface area contributed by atoms with Crippen LogP contribution in [0, 0.1) is 13.8 Å². The summed E-state index contributed by atoms with van der Waals surface area (Å²) >= 11 is 0. The molecular formula is C13H15NO3. The van der Waals surface area contributed by atoms with Gasteiger partial charge in [0.2, 0.25) is 0 Å². The smallest absolute Gasteiger partial charge is 0.148 e. The first-order valence-electron chi connectivity index (χ1n) is 5.58. The maximum Gasteiger partial charge on any atom is 0.148 e. The molecule has 2 N–H and O–H groups in total. The van der Waals surface area contributed by atoms with E-state index in [-0.39, 0.29) is 11.6 Å². The minimum atomic E-state index is -0.582.